The highest BCUT2D eigenvalue weighted by Crippen LogP contribution is 2.22. The molecule has 0 amide bonds. The maximum absolute atomic E-state index is 3.61. The molecule has 1 heteroatoms. The molecule has 0 heterocycles. The molecule has 1 N–H and O–H groups in total. The molecule has 1 aliphatic rings. The summed E-state index contributed by atoms with van der Waals surface area (Å²) in [4.78, 5) is 0. The summed E-state index contributed by atoms with van der Waals surface area (Å²) in [7, 11) is 0. The van der Waals surface area contributed by atoms with Gasteiger partial charge in [-0.1, -0.05) is 45.4 Å². The molecule has 0 saturated heterocycles. The van der Waals surface area contributed by atoms with E-state index in [4.69, 9.17) is 0 Å². The lowest BCUT2D eigenvalue weighted by molar-refractivity contribution is 0.341. The first-order valence-corrected chi connectivity index (χ1v) is 6.64. The van der Waals surface area contributed by atoms with Gasteiger partial charge in [0.05, 0.1) is 0 Å². The summed E-state index contributed by atoms with van der Waals surface area (Å²) in [5.74, 6) is 0.995. The van der Waals surface area contributed by atoms with E-state index < -0.39 is 0 Å². The normalized spacial score (nSPS) is 18.6. The summed E-state index contributed by atoms with van der Waals surface area (Å²) in [5.41, 5.74) is 0. The Balaban J connectivity index is 1.82. The average molecular weight is 197 g/mol. The van der Waals surface area contributed by atoms with E-state index in [0.29, 0.717) is 0 Å². The molecule has 1 rings (SSSR count). The molecule has 0 spiro atoms. The van der Waals surface area contributed by atoms with Crippen LogP contribution in [-0.2, 0) is 0 Å². The zero-order valence-electron chi connectivity index (χ0n) is 9.86. The van der Waals surface area contributed by atoms with Crippen molar-refractivity contribution in [2.75, 3.05) is 13.1 Å². The van der Waals surface area contributed by atoms with Crippen molar-refractivity contribution in [1.82, 2.24) is 5.32 Å². The Hall–Kier alpha value is -0.0400. The maximum Gasteiger partial charge on any atom is -0.00205 e. The van der Waals surface area contributed by atoms with Gasteiger partial charge in [0.1, 0.15) is 0 Å². The Morgan fingerprint density at radius 1 is 1.00 bits per heavy atom. The van der Waals surface area contributed by atoms with Gasteiger partial charge in [-0.15, -0.1) is 0 Å². The van der Waals surface area contributed by atoms with Gasteiger partial charge >= 0.3 is 0 Å². The monoisotopic (exact) mass is 197 g/mol. The molecule has 84 valence electrons. The van der Waals surface area contributed by atoms with Crippen molar-refractivity contribution in [3.8, 4) is 0 Å². The average Bonchev–Trinajstić information content (AvgIpc) is 2.25. The van der Waals surface area contributed by atoms with Crippen LogP contribution in [0.3, 0.4) is 0 Å². The first-order chi connectivity index (χ1) is 6.93. The number of nitrogens with one attached hydrogen (secondary N) is 1. The van der Waals surface area contributed by atoms with Crippen molar-refractivity contribution in [3.05, 3.63) is 0 Å². The second-order valence-electron chi connectivity index (χ2n) is 4.77. The van der Waals surface area contributed by atoms with Crippen LogP contribution in [-0.4, -0.2) is 13.1 Å². The van der Waals surface area contributed by atoms with E-state index in [1.54, 1.807) is 0 Å². The quantitative estimate of drug-likeness (QED) is 0.613. The second-order valence-corrected chi connectivity index (χ2v) is 4.77. The summed E-state index contributed by atoms with van der Waals surface area (Å²) < 4.78 is 0. The van der Waals surface area contributed by atoms with Gasteiger partial charge in [0.25, 0.3) is 0 Å². The van der Waals surface area contributed by atoms with Gasteiger partial charge in [-0.3, -0.25) is 0 Å². The molecular formula is C13H27N. The van der Waals surface area contributed by atoms with E-state index in [9.17, 15) is 0 Å². The number of hydrogen-bond donors (Lipinski definition) is 1. The van der Waals surface area contributed by atoms with Gasteiger partial charge in [-0.2, -0.15) is 0 Å². The molecule has 14 heavy (non-hydrogen) atoms. The highest BCUT2D eigenvalue weighted by Gasteiger charge is 2.11. The second kappa shape index (κ2) is 8.28. The molecule has 0 aliphatic heterocycles. The van der Waals surface area contributed by atoms with Crippen LogP contribution in [0.15, 0.2) is 0 Å². The van der Waals surface area contributed by atoms with Crippen molar-refractivity contribution in [2.24, 2.45) is 5.92 Å². The highest BCUT2D eigenvalue weighted by molar-refractivity contribution is 4.67. The molecule has 1 saturated carbocycles. The van der Waals surface area contributed by atoms with Crippen molar-refractivity contribution in [1.29, 1.82) is 0 Å². The Kier molecular flexibility index (Phi) is 7.12. The van der Waals surface area contributed by atoms with Crippen LogP contribution in [0.25, 0.3) is 0 Å². The smallest absolute Gasteiger partial charge is 0.00205 e. The predicted molar refractivity (Wildman–Crippen MR) is 63.6 cm³/mol. The third-order valence-corrected chi connectivity index (χ3v) is 3.36. The molecule has 1 aliphatic carbocycles. The molecule has 0 bridgehead atoms. The summed E-state index contributed by atoms with van der Waals surface area (Å²) >= 11 is 0. The molecule has 0 radical (unpaired) electrons. The molecular weight excluding hydrogens is 170 g/mol. The van der Waals surface area contributed by atoms with E-state index in [1.807, 2.05) is 0 Å². The minimum absolute atomic E-state index is 0.995. The molecule has 1 fully saturated rings. The fourth-order valence-corrected chi connectivity index (χ4v) is 2.37. The van der Waals surface area contributed by atoms with E-state index >= 15 is 0 Å². The lowest BCUT2D eigenvalue weighted by atomic mass is 9.89. The Morgan fingerprint density at radius 3 is 2.50 bits per heavy atom. The van der Waals surface area contributed by atoms with Gasteiger partial charge < -0.3 is 5.32 Å². The predicted octanol–water partition coefficient (Wildman–Crippen LogP) is 3.74. The van der Waals surface area contributed by atoms with Gasteiger partial charge in [-0.05, 0) is 38.3 Å². The number of unbranched alkanes of at least 4 members (excludes halogenated alkanes) is 3. The topological polar surface area (TPSA) is 12.0 Å². The highest BCUT2D eigenvalue weighted by atomic mass is 14.9. The number of rotatable bonds is 7. The lowest BCUT2D eigenvalue weighted by Gasteiger charge is -2.21. The van der Waals surface area contributed by atoms with Crippen LogP contribution in [0.1, 0.15) is 64.7 Å². The van der Waals surface area contributed by atoms with Crippen LogP contribution in [0.4, 0.5) is 0 Å². The zero-order chi connectivity index (χ0) is 10.1. The Bertz CT molecular complexity index is 116. The SMILES string of the molecule is CCCCCCNCC1CCCCC1. The van der Waals surface area contributed by atoms with E-state index in [0.717, 1.165) is 5.92 Å². The maximum atomic E-state index is 3.61. The largest absolute Gasteiger partial charge is 0.316 e. The Labute approximate surface area is 89.7 Å². The Morgan fingerprint density at radius 2 is 1.79 bits per heavy atom. The van der Waals surface area contributed by atoms with Crippen LogP contribution < -0.4 is 5.32 Å². The van der Waals surface area contributed by atoms with E-state index in [2.05, 4.69) is 12.2 Å². The fraction of sp³-hybridized carbons (Fsp3) is 1.00. The fourth-order valence-electron chi connectivity index (χ4n) is 2.37. The first-order valence-electron chi connectivity index (χ1n) is 6.64. The van der Waals surface area contributed by atoms with E-state index in [-0.39, 0.29) is 0 Å². The van der Waals surface area contributed by atoms with Crippen molar-refractivity contribution < 1.29 is 0 Å². The van der Waals surface area contributed by atoms with Crippen LogP contribution in [0.2, 0.25) is 0 Å². The van der Waals surface area contributed by atoms with Gasteiger partial charge in [0.2, 0.25) is 0 Å². The number of hydrogen-bond acceptors (Lipinski definition) is 1. The molecule has 0 aromatic heterocycles. The zero-order valence-corrected chi connectivity index (χ0v) is 9.86. The first kappa shape index (κ1) is 12.0. The van der Waals surface area contributed by atoms with Gasteiger partial charge in [0, 0.05) is 0 Å². The summed E-state index contributed by atoms with van der Waals surface area (Å²) in [6.45, 7) is 4.80. The van der Waals surface area contributed by atoms with Crippen molar-refractivity contribution in [3.63, 3.8) is 0 Å². The summed E-state index contributed by atoms with van der Waals surface area (Å²) in [6, 6.07) is 0. The third kappa shape index (κ3) is 5.64. The third-order valence-electron chi connectivity index (χ3n) is 3.36. The molecule has 1 nitrogen and oxygen atoms in total. The van der Waals surface area contributed by atoms with Crippen molar-refractivity contribution in [2.45, 2.75) is 64.7 Å². The molecule has 0 unspecified atom stereocenters. The molecule has 0 atom stereocenters. The lowest BCUT2D eigenvalue weighted by Crippen LogP contribution is -2.25. The minimum atomic E-state index is 0.995. The summed E-state index contributed by atoms with van der Waals surface area (Å²) in [6.07, 6.45) is 12.9. The summed E-state index contributed by atoms with van der Waals surface area (Å²) in [5, 5.41) is 3.61. The van der Waals surface area contributed by atoms with E-state index in [1.165, 1.54) is 70.9 Å². The standard InChI is InChI=1S/C13H27N/c1-2-3-4-8-11-14-12-13-9-6-5-7-10-13/h13-14H,2-12H2,1H3. The van der Waals surface area contributed by atoms with Crippen LogP contribution >= 0.6 is 0 Å². The van der Waals surface area contributed by atoms with Crippen LogP contribution in [0.5, 0.6) is 0 Å². The molecule has 0 aromatic carbocycles. The van der Waals surface area contributed by atoms with Crippen molar-refractivity contribution >= 4 is 0 Å². The van der Waals surface area contributed by atoms with Gasteiger partial charge in [-0.25, -0.2) is 0 Å². The van der Waals surface area contributed by atoms with Crippen LogP contribution in [0, 0.1) is 5.92 Å². The van der Waals surface area contributed by atoms with Gasteiger partial charge in [0.15, 0.2) is 0 Å². The molecule has 0 aromatic rings. The minimum Gasteiger partial charge on any atom is -0.316 e.